The highest BCUT2D eigenvalue weighted by atomic mass is 16.3. The summed E-state index contributed by atoms with van der Waals surface area (Å²) in [6, 6.07) is 15.2. The molecule has 3 aromatic rings. The molecule has 0 atom stereocenters. The minimum absolute atomic E-state index is 0.113. The number of aliphatic hydroxyl groups is 1. The van der Waals surface area contributed by atoms with Crippen molar-refractivity contribution in [3.05, 3.63) is 59.3 Å². The predicted octanol–water partition coefficient (Wildman–Crippen LogP) is 6.01. The summed E-state index contributed by atoms with van der Waals surface area (Å²) in [5.41, 5.74) is 6.82. The van der Waals surface area contributed by atoms with Crippen LogP contribution in [0.3, 0.4) is 0 Å². The third-order valence-electron chi connectivity index (χ3n) is 5.77. The van der Waals surface area contributed by atoms with Gasteiger partial charge in [-0.2, -0.15) is 5.10 Å². The van der Waals surface area contributed by atoms with Crippen LogP contribution < -0.4 is 0 Å². The second-order valence-electron chi connectivity index (χ2n) is 9.08. The minimum atomic E-state index is -0.826. The molecule has 160 valence electrons. The maximum atomic E-state index is 10.7. The van der Waals surface area contributed by atoms with Gasteiger partial charge in [-0.15, -0.1) is 0 Å². The van der Waals surface area contributed by atoms with Crippen molar-refractivity contribution in [1.29, 1.82) is 0 Å². The summed E-state index contributed by atoms with van der Waals surface area (Å²) in [6.07, 6.45) is 4.78. The van der Waals surface area contributed by atoms with Gasteiger partial charge in [-0.25, -0.2) is 4.52 Å². The molecule has 1 aliphatic carbocycles. The average molecular weight is 407 g/mol. The van der Waals surface area contributed by atoms with Gasteiger partial charge in [0, 0.05) is 24.0 Å². The van der Waals surface area contributed by atoms with Crippen molar-refractivity contribution in [1.82, 2.24) is 9.61 Å². The molecule has 0 bridgehead atoms. The average Bonchev–Trinajstić information content (AvgIpc) is 2.96. The molecule has 2 aromatic heterocycles. The van der Waals surface area contributed by atoms with Gasteiger partial charge in [0.05, 0.1) is 22.5 Å². The number of nitrogens with zero attached hydrogens (tertiary/aromatic N) is 2. The Balaban J connectivity index is 0.000000244. The third-order valence-corrected chi connectivity index (χ3v) is 5.77. The van der Waals surface area contributed by atoms with Crippen LogP contribution in [0.15, 0.2) is 42.5 Å². The number of pyridine rings is 1. The lowest BCUT2D eigenvalue weighted by Gasteiger charge is -2.25. The highest BCUT2D eigenvalue weighted by Crippen LogP contribution is 2.40. The van der Waals surface area contributed by atoms with E-state index in [9.17, 15) is 4.79 Å². The number of fused-ring (bicyclic) bond motifs is 1. The van der Waals surface area contributed by atoms with Crippen molar-refractivity contribution >= 4 is 11.3 Å². The van der Waals surface area contributed by atoms with Crippen molar-refractivity contribution in [3.8, 4) is 11.3 Å². The number of Topliss-reactive ketones (excluding diaryl/α,β-unsaturated/α-hetero) is 1. The molecule has 1 aliphatic rings. The molecule has 0 amide bonds. The molecule has 1 N–H and O–H groups in total. The number of aryl methyl sites for hydroxylation is 2. The molecule has 1 aromatic carbocycles. The zero-order valence-corrected chi connectivity index (χ0v) is 18.9. The van der Waals surface area contributed by atoms with Crippen LogP contribution in [0.25, 0.3) is 16.8 Å². The monoisotopic (exact) mass is 406 g/mol. The number of benzene rings is 1. The van der Waals surface area contributed by atoms with Crippen molar-refractivity contribution in [3.63, 3.8) is 0 Å². The Hall–Kier alpha value is -2.46. The number of rotatable bonds is 5. The summed E-state index contributed by atoms with van der Waals surface area (Å²) in [7, 11) is 0. The molecule has 1 fully saturated rings. The molecule has 2 heterocycles. The van der Waals surface area contributed by atoms with E-state index >= 15 is 0 Å². The maximum Gasteiger partial charge on any atom is 0.135 e. The first-order chi connectivity index (χ1) is 14.2. The van der Waals surface area contributed by atoms with Crippen molar-refractivity contribution < 1.29 is 9.90 Å². The Morgan fingerprint density at radius 2 is 1.80 bits per heavy atom. The standard InChI is InChI=1S/C19H20N2.C7H14O2/c1-13-9-11-15(12-10-13)17-7-4-8-18-19(16-5-3-6-16)14(2)20-21(17)18;1-4-6(8)5-7(2,3)9/h4,7-12,16H,3,5-6H2,1-2H3;9H,4-5H2,1-3H3. The molecule has 4 heteroatoms. The van der Waals surface area contributed by atoms with Crippen LogP contribution in [0.2, 0.25) is 0 Å². The Morgan fingerprint density at radius 3 is 2.30 bits per heavy atom. The number of hydrogen-bond donors (Lipinski definition) is 1. The van der Waals surface area contributed by atoms with E-state index in [1.54, 1.807) is 20.8 Å². The number of carbonyl (C=O) groups excluding carboxylic acids is 1. The topological polar surface area (TPSA) is 54.6 Å². The lowest BCUT2D eigenvalue weighted by Crippen LogP contribution is -2.22. The lowest BCUT2D eigenvalue weighted by atomic mass is 9.79. The Labute approximate surface area is 179 Å². The number of hydrogen-bond acceptors (Lipinski definition) is 3. The Bertz CT molecular complexity index is 1010. The number of ketones is 1. The maximum absolute atomic E-state index is 10.7. The minimum Gasteiger partial charge on any atom is -0.390 e. The quantitative estimate of drug-likeness (QED) is 0.564. The van der Waals surface area contributed by atoms with E-state index in [-0.39, 0.29) is 12.2 Å². The van der Waals surface area contributed by atoms with E-state index in [1.165, 1.54) is 52.9 Å². The van der Waals surface area contributed by atoms with Crippen molar-refractivity contribution in [2.24, 2.45) is 0 Å². The molecule has 0 radical (unpaired) electrons. The molecule has 0 unspecified atom stereocenters. The summed E-state index contributed by atoms with van der Waals surface area (Å²) >= 11 is 0. The van der Waals surface area contributed by atoms with Crippen LogP contribution in [-0.4, -0.2) is 26.1 Å². The molecule has 4 rings (SSSR count). The van der Waals surface area contributed by atoms with Crippen LogP contribution in [0.4, 0.5) is 0 Å². The molecular formula is C26H34N2O2. The van der Waals surface area contributed by atoms with E-state index in [2.05, 4.69) is 60.8 Å². The van der Waals surface area contributed by atoms with E-state index in [0.29, 0.717) is 6.42 Å². The van der Waals surface area contributed by atoms with Gasteiger partial charge in [-0.05, 0) is 58.6 Å². The van der Waals surface area contributed by atoms with Crippen molar-refractivity contribution in [2.45, 2.75) is 78.2 Å². The molecule has 0 aliphatic heterocycles. The van der Waals surface area contributed by atoms with Gasteiger partial charge in [0.1, 0.15) is 5.78 Å². The second-order valence-corrected chi connectivity index (χ2v) is 9.08. The van der Waals surface area contributed by atoms with E-state index in [1.807, 2.05) is 0 Å². The molecule has 0 spiro atoms. The largest absolute Gasteiger partial charge is 0.390 e. The van der Waals surface area contributed by atoms with Crippen LogP contribution in [0, 0.1) is 13.8 Å². The highest BCUT2D eigenvalue weighted by molar-refractivity contribution is 5.78. The molecular weight excluding hydrogens is 372 g/mol. The fourth-order valence-electron chi connectivity index (χ4n) is 3.95. The summed E-state index contributed by atoms with van der Waals surface area (Å²) in [5, 5.41) is 13.9. The third kappa shape index (κ3) is 5.17. The summed E-state index contributed by atoms with van der Waals surface area (Å²) in [6.45, 7) is 9.35. The summed E-state index contributed by atoms with van der Waals surface area (Å²) < 4.78 is 2.13. The normalized spacial score (nSPS) is 14.2. The SMILES string of the molecule is CCC(=O)CC(C)(C)O.Cc1ccc(-c2cccc3c(C4CCC4)c(C)nn23)cc1. The Kier molecular flexibility index (Phi) is 6.77. The van der Waals surface area contributed by atoms with Gasteiger partial charge in [-0.1, -0.05) is 49.2 Å². The molecule has 4 nitrogen and oxygen atoms in total. The lowest BCUT2D eigenvalue weighted by molar-refractivity contribution is -0.122. The zero-order chi connectivity index (χ0) is 21.9. The first-order valence-corrected chi connectivity index (χ1v) is 11.0. The molecule has 30 heavy (non-hydrogen) atoms. The summed E-state index contributed by atoms with van der Waals surface area (Å²) in [4.78, 5) is 10.7. The zero-order valence-electron chi connectivity index (χ0n) is 18.9. The highest BCUT2D eigenvalue weighted by Gasteiger charge is 2.25. The predicted molar refractivity (Wildman–Crippen MR) is 123 cm³/mol. The summed E-state index contributed by atoms with van der Waals surface area (Å²) in [5.74, 6) is 0.832. The fourth-order valence-corrected chi connectivity index (χ4v) is 3.95. The van der Waals surface area contributed by atoms with Gasteiger partial charge in [0.2, 0.25) is 0 Å². The van der Waals surface area contributed by atoms with Crippen LogP contribution >= 0.6 is 0 Å². The number of aromatic nitrogens is 2. The van der Waals surface area contributed by atoms with Gasteiger partial charge >= 0.3 is 0 Å². The van der Waals surface area contributed by atoms with Gasteiger partial charge in [0.25, 0.3) is 0 Å². The van der Waals surface area contributed by atoms with Gasteiger partial charge in [-0.3, -0.25) is 4.79 Å². The smallest absolute Gasteiger partial charge is 0.135 e. The fraction of sp³-hybridized carbons (Fsp3) is 0.462. The first-order valence-electron chi connectivity index (χ1n) is 11.0. The van der Waals surface area contributed by atoms with Gasteiger partial charge < -0.3 is 5.11 Å². The van der Waals surface area contributed by atoms with E-state index in [4.69, 9.17) is 10.2 Å². The second kappa shape index (κ2) is 9.13. The van der Waals surface area contributed by atoms with Gasteiger partial charge in [0.15, 0.2) is 0 Å². The first kappa shape index (κ1) is 22.2. The number of carbonyl (C=O) groups is 1. The van der Waals surface area contributed by atoms with Crippen molar-refractivity contribution in [2.75, 3.05) is 0 Å². The molecule has 1 saturated carbocycles. The Morgan fingerprint density at radius 1 is 1.13 bits per heavy atom. The van der Waals surface area contributed by atoms with E-state index < -0.39 is 5.60 Å². The van der Waals surface area contributed by atoms with Crippen LogP contribution in [0.1, 0.15) is 75.6 Å². The van der Waals surface area contributed by atoms with E-state index in [0.717, 1.165) is 5.92 Å². The van der Waals surface area contributed by atoms with Crippen LogP contribution in [-0.2, 0) is 4.79 Å². The molecule has 0 saturated heterocycles. The van der Waals surface area contributed by atoms with Crippen LogP contribution in [0.5, 0.6) is 0 Å².